The Balaban J connectivity index is 1.68. The number of aromatic nitrogens is 2. The number of hydrazone groups is 1. The molecule has 0 radical (unpaired) electrons. The predicted molar refractivity (Wildman–Crippen MR) is 125 cm³/mol. The summed E-state index contributed by atoms with van der Waals surface area (Å²) in [5.41, 5.74) is 7.45. The van der Waals surface area contributed by atoms with Crippen molar-refractivity contribution in [3.8, 4) is 28.3 Å². The second-order valence-electron chi connectivity index (χ2n) is 6.45. The summed E-state index contributed by atoms with van der Waals surface area (Å²) in [6.45, 7) is 0. The van der Waals surface area contributed by atoms with Crippen LogP contribution in [-0.4, -0.2) is 23.3 Å². The van der Waals surface area contributed by atoms with E-state index in [9.17, 15) is 0 Å². The van der Waals surface area contributed by atoms with Gasteiger partial charge in [-0.15, -0.1) is 0 Å². The zero-order valence-corrected chi connectivity index (χ0v) is 17.9. The van der Waals surface area contributed by atoms with Crippen LogP contribution in [0, 0.1) is 0 Å². The van der Waals surface area contributed by atoms with Crippen LogP contribution in [-0.2, 0) is 0 Å². The lowest BCUT2D eigenvalue weighted by Crippen LogP contribution is -2.00. The second-order valence-corrected chi connectivity index (χ2v) is 7.36. The average molecular weight is 459 g/mol. The Morgan fingerprint density at radius 1 is 0.833 bits per heavy atom. The molecule has 148 valence electrons. The highest BCUT2D eigenvalue weighted by atomic mass is 79.9. The topological polar surface area (TPSA) is 59.4 Å². The monoisotopic (exact) mass is 458 g/mol. The maximum Gasteiger partial charge on any atom is 0.244 e. The van der Waals surface area contributed by atoms with Crippen molar-refractivity contribution >= 4 is 28.1 Å². The zero-order valence-electron chi connectivity index (χ0n) is 16.3. The maximum absolute atomic E-state index is 5.36. The minimum absolute atomic E-state index is 0.417. The third kappa shape index (κ3) is 4.72. The van der Waals surface area contributed by atoms with E-state index in [4.69, 9.17) is 4.74 Å². The lowest BCUT2D eigenvalue weighted by molar-refractivity contribution is 0.414. The summed E-state index contributed by atoms with van der Waals surface area (Å²) in [7, 11) is 1.64. The molecule has 3 aromatic carbocycles. The first kappa shape index (κ1) is 19.8. The lowest BCUT2D eigenvalue weighted by atomic mass is 10.1. The van der Waals surface area contributed by atoms with Gasteiger partial charge in [0.2, 0.25) is 5.95 Å². The van der Waals surface area contributed by atoms with Crippen LogP contribution < -0.4 is 10.2 Å². The predicted octanol–water partition coefficient (Wildman–Crippen LogP) is 6.03. The number of benzene rings is 3. The van der Waals surface area contributed by atoms with Gasteiger partial charge >= 0.3 is 0 Å². The molecule has 0 spiro atoms. The van der Waals surface area contributed by atoms with E-state index in [1.807, 2.05) is 84.9 Å². The number of rotatable bonds is 6. The molecule has 6 heteroatoms. The largest absolute Gasteiger partial charge is 0.496 e. The summed E-state index contributed by atoms with van der Waals surface area (Å²) < 4.78 is 6.37. The molecule has 0 fully saturated rings. The van der Waals surface area contributed by atoms with E-state index in [0.29, 0.717) is 5.95 Å². The van der Waals surface area contributed by atoms with Gasteiger partial charge in [0.25, 0.3) is 0 Å². The summed E-state index contributed by atoms with van der Waals surface area (Å²) in [5, 5.41) is 4.32. The molecule has 4 rings (SSSR count). The first-order chi connectivity index (χ1) is 14.7. The molecule has 5 nitrogen and oxygen atoms in total. The lowest BCUT2D eigenvalue weighted by Gasteiger charge is -2.09. The van der Waals surface area contributed by atoms with Crippen molar-refractivity contribution in [1.29, 1.82) is 0 Å². The molecule has 0 saturated carbocycles. The first-order valence-electron chi connectivity index (χ1n) is 9.35. The van der Waals surface area contributed by atoms with Crippen LogP contribution in [0.3, 0.4) is 0 Å². The summed E-state index contributed by atoms with van der Waals surface area (Å²) in [6, 6.07) is 27.7. The molecule has 1 heterocycles. The van der Waals surface area contributed by atoms with E-state index < -0.39 is 0 Å². The molecule has 1 N–H and O–H groups in total. The maximum atomic E-state index is 5.36. The van der Waals surface area contributed by atoms with Crippen LogP contribution in [0.5, 0.6) is 5.75 Å². The van der Waals surface area contributed by atoms with E-state index >= 15 is 0 Å². The number of hydrogen-bond donors (Lipinski definition) is 1. The molecule has 0 aliphatic rings. The highest BCUT2D eigenvalue weighted by Gasteiger charge is 2.08. The van der Waals surface area contributed by atoms with Gasteiger partial charge in [0.1, 0.15) is 5.75 Å². The second kappa shape index (κ2) is 9.33. The number of nitrogens with zero attached hydrogens (tertiary/aromatic N) is 3. The van der Waals surface area contributed by atoms with Gasteiger partial charge in [0.15, 0.2) is 0 Å². The van der Waals surface area contributed by atoms with E-state index in [1.165, 1.54) is 0 Å². The third-order valence-electron chi connectivity index (χ3n) is 4.44. The Hall–Kier alpha value is -3.51. The van der Waals surface area contributed by atoms with E-state index in [2.05, 4.69) is 36.4 Å². The molecule has 0 unspecified atom stereocenters. The van der Waals surface area contributed by atoms with Gasteiger partial charge in [0.05, 0.1) is 24.7 Å². The van der Waals surface area contributed by atoms with Gasteiger partial charge in [-0.3, -0.25) is 0 Å². The average Bonchev–Trinajstić information content (AvgIpc) is 2.80. The molecular weight excluding hydrogens is 440 g/mol. The first-order valence-corrected chi connectivity index (χ1v) is 10.1. The van der Waals surface area contributed by atoms with E-state index in [0.717, 1.165) is 38.3 Å². The van der Waals surface area contributed by atoms with Crippen molar-refractivity contribution in [1.82, 2.24) is 9.97 Å². The normalized spacial score (nSPS) is 10.9. The zero-order chi connectivity index (χ0) is 20.8. The number of para-hydroxylation sites is 1. The number of anilines is 1. The van der Waals surface area contributed by atoms with Crippen molar-refractivity contribution in [3.63, 3.8) is 0 Å². The summed E-state index contributed by atoms with van der Waals surface area (Å²) >= 11 is 3.48. The Morgan fingerprint density at radius 2 is 1.47 bits per heavy atom. The standard InChI is InChI=1S/C24H19BrN4O/c1-30-23-10-6-5-9-19(23)16-26-29-24-27-21(17-7-3-2-4-8-17)15-22(28-24)18-11-13-20(25)14-12-18/h2-16H,1H3,(H,27,28,29). The Kier molecular flexibility index (Phi) is 6.15. The van der Waals surface area contributed by atoms with Gasteiger partial charge < -0.3 is 4.74 Å². The Labute approximate surface area is 183 Å². The highest BCUT2D eigenvalue weighted by molar-refractivity contribution is 9.10. The van der Waals surface area contributed by atoms with Crippen molar-refractivity contribution in [2.24, 2.45) is 5.10 Å². The number of nitrogens with one attached hydrogen (secondary N) is 1. The molecule has 0 aliphatic heterocycles. The van der Waals surface area contributed by atoms with Gasteiger partial charge in [0, 0.05) is 21.2 Å². The van der Waals surface area contributed by atoms with Crippen LogP contribution in [0.1, 0.15) is 5.56 Å². The van der Waals surface area contributed by atoms with Crippen molar-refractivity contribution in [2.45, 2.75) is 0 Å². The quantitative estimate of drug-likeness (QED) is 0.283. The summed E-state index contributed by atoms with van der Waals surface area (Å²) in [5.74, 6) is 1.16. The highest BCUT2D eigenvalue weighted by Crippen LogP contribution is 2.26. The van der Waals surface area contributed by atoms with Crippen molar-refractivity contribution < 1.29 is 4.74 Å². The molecule has 30 heavy (non-hydrogen) atoms. The fraction of sp³-hybridized carbons (Fsp3) is 0.0417. The fourth-order valence-electron chi connectivity index (χ4n) is 2.96. The van der Waals surface area contributed by atoms with Crippen LogP contribution in [0.25, 0.3) is 22.5 Å². The SMILES string of the molecule is COc1ccccc1C=NNc1nc(-c2ccccc2)cc(-c2ccc(Br)cc2)n1. The number of halogens is 1. The molecule has 0 amide bonds. The van der Waals surface area contributed by atoms with Gasteiger partial charge in [-0.25, -0.2) is 15.4 Å². The summed E-state index contributed by atoms with van der Waals surface area (Å²) in [4.78, 5) is 9.29. The molecule has 0 atom stereocenters. The Morgan fingerprint density at radius 3 is 2.17 bits per heavy atom. The van der Waals surface area contributed by atoms with Crippen LogP contribution in [0.15, 0.2) is 94.5 Å². The summed E-state index contributed by atoms with van der Waals surface area (Å²) in [6.07, 6.45) is 1.69. The fourth-order valence-corrected chi connectivity index (χ4v) is 3.22. The van der Waals surface area contributed by atoms with E-state index in [-0.39, 0.29) is 0 Å². The van der Waals surface area contributed by atoms with Crippen LogP contribution in [0.2, 0.25) is 0 Å². The molecule has 0 aliphatic carbocycles. The minimum Gasteiger partial charge on any atom is -0.496 e. The Bertz CT molecular complexity index is 1160. The minimum atomic E-state index is 0.417. The smallest absolute Gasteiger partial charge is 0.244 e. The molecule has 0 bridgehead atoms. The molecular formula is C24H19BrN4O. The number of ether oxygens (including phenoxy) is 1. The third-order valence-corrected chi connectivity index (χ3v) is 4.97. The molecule has 0 saturated heterocycles. The number of hydrogen-bond acceptors (Lipinski definition) is 5. The van der Waals surface area contributed by atoms with Gasteiger partial charge in [-0.1, -0.05) is 70.5 Å². The molecule has 1 aromatic heterocycles. The van der Waals surface area contributed by atoms with Crippen LogP contribution >= 0.6 is 15.9 Å². The van der Waals surface area contributed by atoms with E-state index in [1.54, 1.807) is 13.3 Å². The van der Waals surface area contributed by atoms with Crippen molar-refractivity contribution in [2.75, 3.05) is 12.5 Å². The van der Waals surface area contributed by atoms with Crippen LogP contribution in [0.4, 0.5) is 5.95 Å². The molecule has 4 aromatic rings. The van der Waals surface area contributed by atoms with Gasteiger partial charge in [-0.2, -0.15) is 5.10 Å². The number of methoxy groups -OCH3 is 1. The van der Waals surface area contributed by atoms with Gasteiger partial charge in [-0.05, 0) is 30.3 Å². The van der Waals surface area contributed by atoms with Crippen molar-refractivity contribution in [3.05, 3.63) is 95.0 Å².